The number of alkyl halides is 4. The van der Waals surface area contributed by atoms with Crippen molar-refractivity contribution in [3.05, 3.63) is 84.0 Å². The van der Waals surface area contributed by atoms with Crippen LogP contribution in [0.15, 0.2) is 78.4 Å². The molecule has 0 unspecified atom stereocenters. The summed E-state index contributed by atoms with van der Waals surface area (Å²) in [7, 11) is 0. The summed E-state index contributed by atoms with van der Waals surface area (Å²) >= 11 is 0. The van der Waals surface area contributed by atoms with Crippen molar-refractivity contribution in [3.63, 3.8) is 0 Å². The zero-order chi connectivity index (χ0) is 34.1. The first kappa shape index (κ1) is 34.8. The van der Waals surface area contributed by atoms with E-state index in [1.54, 1.807) is 12.1 Å². The van der Waals surface area contributed by atoms with Crippen molar-refractivity contribution in [1.29, 1.82) is 5.41 Å². The van der Waals surface area contributed by atoms with Crippen molar-refractivity contribution in [1.82, 2.24) is 14.8 Å². The van der Waals surface area contributed by atoms with E-state index in [-0.39, 0.29) is 53.7 Å². The van der Waals surface area contributed by atoms with Gasteiger partial charge in [0.15, 0.2) is 0 Å². The lowest BCUT2D eigenvalue weighted by molar-refractivity contribution is -0.112. The Balaban J connectivity index is 1.73. The number of amides is 2. The highest BCUT2D eigenvalue weighted by molar-refractivity contribution is 6.24. The van der Waals surface area contributed by atoms with Crippen molar-refractivity contribution in [2.24, 2.45) is 0 Å². The minimum absolute atomic E-state index is 0.00539. The number of aliphatic hydroxyl groups excluding tert-OH is 1. The Labute approximate surface area is 268 Å². The molecule has 4 N–H and O–H groups in total. The first-order valence-electron chi connectivity index (χ1n) is 14.5. The van der Waals surface area contributed by atoms with Crippen LogP contribution in [0.1, 0.15) is 19.4 Å². The number of carbonyl (C=O) groups is 2. The van der Waals surface area contributed by atoms with Crippen molar-refractivity contribution in [3.8, 4) is 16.9 Å². The van der Waals surface area contributed by atoms with Crippen LogP contribution in [0.3, 0.4) is 0 Å². The molecule has 0 spiro atoms. The van der Waals surface area contributed by atoms with Crippen molar-refractivity contribution < 1.29 is 41.7 Å². The van der Waals surface area contributed by atoms with Crippen molar-refractivity contribution in [2.75, 3.05) is 50.0 Å². The first-order chi connectivity index (χ1) is 22.3. The Kier molecular flexibility index (Phi) is 11.5. The summed E-state index contributed by atoms with van der Waals surface area (Å²) in [6.07, 6.45) is 2.08. The maximum atomic E-state index is 14.0. The molecule has 0 aliphatic carbocycles. The molecule has 3 aromatic rings. The molecular formula is C32H34F4N6O5. The van der Waals surface area contributed by atoms with E-state index in [0.29, 0.717) is 32.1 Å². The molecule has 0 atom stereocenters. The van der Waals surface area contributed by atoms with Crippen LogP contribution in [0.4, 0.5) is 33.7 Å². The number of carbonyl (C=O) groups excluding carboxylic acids is 2. The highest BCUT2D eigenvalue weighted by Gasteiger charge is 2.28. The molecule has 1 saturated heterocycles. The molecule has 0 radical (unpaired) electrons. The van der Waals surface area contributed by atoms with Crippen molar-refractivity contribution >= 4 is 29.1 Å². The number of piperazine rings is 1. The van der Waals surface area contributed by atoms with E-state index >= 15 is 0 Å². The molecule has 0 saturated carbocycles. The predicted octanol–water partition coefficient (Wildman–Crippen LogP) is 5.51. The number of hydrogen-bond donors (Lipinski definition) is 4. The number of nitrogens with one attached hydrogen (secondary N) is 3. The highest BCUT2D eigenvalue weighted by Crippen LogP contribution is 2.34. The van der Waals surface area contributed by atoms with E-state index in [0.717, 1.165) is 6.07 Å². The van der Waals surface area contributed by atoms with Gasteiger partial charge < -0.3 is 35.5 Å². The van der Waals surface area contributed by atoms with Crippen LogP contribution < -0.4 is 15.4 Å². The lowest BCUT2D eigenvalue weighted by atomic mass is 10.1. The topological polar surface area (TPSA) is 140 Å². The number of anilines is 2. The van der Waals surface area contributed by atoms with Gasteiger partial charge in [-0.25, -0.2) is 13.6 Å². The van der Waals surface area contributed by atoms with Gasteiger partial charge in [-0.15, -0.1) is 0 Å². The zero-order valence-electron chi connectivity index (χ0n) is 25.6. The second kappa shape index (κ2) is 15.5. The maximum absolute atomic E-state index is 14.0. The molecule has 4 rings (SSSR count). The minimum Gasteiger partial charge on any atom is -0.434 e. The fourth-order valence-electron chi connectivity index (χ4n) is 4.78. The number of benzene rings is 2. The van der Waals surface area contributed by atoms with Gasteiger partial charge in [0.25, 0.3) is 11.8 Å². The average Bonchev–Trinajstić information content (AvgIpc) is 3.02. The largest absolute Gasteiger partial charge is 0.434 e. The molecule has 1 fully saturated rings. The number of aliphatic hydroxyl groups is 1. The van der Waals surface area contributed by atoms with Gasteiger partial charge in [0.1, 0.15) is 11.3 Å². The average molecular weight is 659 g/mol. The molecule has 2 amide bonds. The normalized spacial score (nSPS) is 14.3. The number of ether oxygens (including phenoxy) is 2. The van der Waals surface area contributed by atoms with E-state index in [1.165, 1.54) is 60.6 Å². The third-order valence-corrected chi connectivity index (χ3v) is 7.12. The summed E-state index contributed by atoms with van der Waals surface area (Å²) in [6.45, 7) is 0.663. The molecular weight excluding hydrogens is 624 g/mol. The summed E-state index contributed by atoms with van der Waals surface area (Å²) < 4.78 is 64.8. The Morgan fingerprint density at radius 1 is 1.04 bits per heavy atom. The first-order valence-corrected chi connectivity index (χ1v) is 14.5. The fraction of sp³-hybridized carbons (Fsp3) is 0.312. The molecule has 2 aromatic carbocycles. The summed E-state index contributed by atoms with van der Waals surface area (Å²) in [5.41, 5.74) is -0.333. The summed E-state index contributed by atoms with van der Waals surface area (Å²) in [5, 5.41) is 23.0. The predicted molar refractivity (Wildman–Crippen MR) is 167 cm³/mol. The van der Waals surface area contributed by atoms with Gasteiger partial charge in [0.05, 0.1) is 6.61 Å². The van der Waals surface area contributed by atoms with Crippen molar-refractivity contribution in [2.45, 2.75) is 26.4 Å². The van der Waals surface area contributed by atoms with E-state index < -0.39 is 36.0 Å². The van der Waals surface area contributed by atoms with Crippen LogP contribution in [0.25, 0.3) is 11.1 Å². The third kappa shape index (κ3) is 9.50. The smallest absolute Gasteiger partial charge is 0.416 e. The quantitative estimate of drug-likeness (QED) is 0.0865. The molecule has 15 heteroatoms. The van der Waals surface area contributed by atoms with Gasteiger partial charge in [-0.3, -0.25) is 14.7 Å². The van der Waals surface area contributed by atoms with Crippen LogP contribution in [0.5, 0.6) is 5.75 Å². The second-order valence-corrected chi connectivity index (χ2v) is 10.6. The van der Waals surface area contributed by atoms with Crippen LogP contribution in [-0.2, 0) is 15.5 Å². The molecule has 1 aliphatic rings. The number of β-amino-alcohol motifs (C(OH)–C–C–N with tert-alkyl or cyclic N) is 1. The summed E-state index contributed by atoms with van der Waals surface area (Å²) in [5.74, 6) is -4.76. The Morgan fingerprint density at radius 2 is 1.77 bits per heavy atom. The second-order valence-electron chi connectivity index (χ2n) is 10.6. The van der Waals surface area contributed by atoms with Crippen LogP contribution in [-0.4, -0.2) is 83.5 Å². The zero-order valence-corrected chi connectivity index (χ0v) is 25.6. The van der Waals surface area contributed by atoms with Gasteiger partial charge in [0.2, 0.25) is 5.88 Å². The van der Waals surface area contributed by atoms with Crippen LogP contribution in [0, 0.1) is 5.41 Å². The molecule has 0 bridgehead atoms. The molecule has 11 nitrogen and oxygen atoms in total. The molecule has 250 valence electrons. The monoisotopic (exact) mass is 658 g/mol. The maximum Gasteiger partial charge on any atom is 0.416 e. The minimum atomic E-state index is -3.19. The van der Waals surface area contributed by atoms with Gasteiger partial charge >= 0.3 is 12.7 Å². The van der Waals surface area contributed by atoms with E-state index in [9.17, 15) is 32.3 Å². The Bertz CT molecular complexity index is 1610. The molecule has 1 aliphatic heterocycles. The van der Waals surface area contributed by atoms with Gasteiger partial charge in [-0.05, 0) is 43.3 Å². The third-order valence-electron chi connectivity index (χ3n) is 7.12. The van der Waals surface area contributed by atoms with Gasteiger partial charge in [0, 0.05) is 85.8 Å². The number of pyridine rings is 1. The summed E-state index contributed by atoms with van der Waals surface area (Å²) in [4.78, 5) is 34.3. The number of nitrogens with zero attached hydrogens (tertiary/aromatic N) is 3. The number of rotatable bonds is 12. The lowest BCUT2D eigenvalue weighted by Gasteiger charge is -2.33. The van der Waals surface area contributed by atoms with Crippen LogP contribution >= 0.6 is 0 Å². The van der Waals surface area contributed by atoms with E-state index in [1.807, 2.05) is 4.90 Å². The van der Waals surface area contributed by atoms with E-state index in [2.05, 4.69) is 20.4 Å². The number of aromatic nitrogens is 1. The van der Waals surface area contributed by atoms with Gasteiger partial charge in [-0.1, -0.05) is 18.2 Å². The molecule has 47 heavy (non-hydrogen) atoms. The lowest BCUT2D eigenvalue weighted by Crippen LogP contribution is -2.49. The SMILES string of the molecule is CC(=N)/C(C(=O)Nc1cccc(C(C)(F)F)c1)=C(\Nc1ccc(OC(F)F)c(-c2cccnc2)c1)OC(=O)N1CCN(CCO)CC1. The summed E-state index contributed by atoms with van der Waals surface area (Å²) in [6, 6.07) is 12.2. The van der Waals surface area contributed by atoms with E-state index in [4.69, 9.17) is 10.1 Å². The fourth-order valence-corrected chi connectivity index (χ4v) is 4.78. The van der Waals surface area contributed by atoms with Gasteiger partial charge in [-0.2, -0.15) is 8.78 Å². The Morgan fingerprint density at radius 3 is 2.38 bits per heavy atom. The standard InChI is InChI=1S/C32H34F4N6O5/c1-20(37)27(28(44)39-23-7-3-6-22(17-23)32(2,35)36)29(47-31(45)42-13-11-41(12-14-42)15-16-43)40-24-8-9-26(46-30(33)34)25(18-24)21-5-4-10-38-19-21/h3-10,17-19,30,37,40,43H,11-16H2,1-2H3,(H,39,44)/b29-27-,37-20?. The number of halogens is 4. The van der Waals surface area contributed by atoms with Crippen LogP contribution in [0.2, 0.25) is 0 Å². The molecule has 2 heterocycles. The highest BCUT2D eigenvalue weighted by atomic mass is 19.3. The molecule has 1 aromatic heterocycles. The Hall–Kier alpha value is -5.02. The number of hydrogen-bond acceptors (Lipinski definition) is 9.